The Balaban J connectivity index is 1.62. The van der Waals surface area contributed by atoms with Crippen molar-refractivity contribution in [1.82, 2.24) is 15.3 Å². The minimum Gasteiger partial charge on any atom is -0.506 e. The van der Waals surface area contributed by atoms with Crippen molar-refractivity contribution < 1.29 is 23.1 Å². The molecule has 148 valence electrons. The van der Waals surface area contributed by atoms with Crippen molar-refractivity contribution in [3.63, 3.8) is 0 Å². The highest BCUT2D eigenvalue weighted by Crippen LogP contribution is 2.30. The first kappa shape index (κ1) is 20.3. The van der Waals surface area contributed by atoms with Crippen LogP contribution >= 0.6 is 11.3 Å². The van der Waals surface area contributed by atoms with E-state index in [1.165, 1.54) is 35.7 Å². The first-order valence-electron chi connectivity index (χ1n) is 8.23. The highest BCUT2D eigenvalue weighted by molar-refractivity contribution is 7.13. The van der Waals surface area contributed by atoms with Crippen LogP contribution in [0, 0.1) is 11.3 Å². The van der Waals surface area contributed by atoms with Crippen molar-refractivity contribution in [3.05, 3.63) is 64.3 Å². The van der Waals surface area contributed by atoms with Crippen molar-refractivity contribution >= 4 is 17.2 Å². The van der Waals surface area contributed by atoms with Gasteiger partial charge in [-0.1, -0.05) is 12.1 Å². The summed E-state index contributed by atoms with van der Waals surface area (Å²) in [4.78, 5) is 20.3. The van der Waals surface area contributed by atoms with Gasteiger partial charge in [-0.15, -0.1) is 11.3 Å². The highest BCUT2D eigenvalue weighted by atomic mass is 32.1. The Hall–Kier alpha value is -3.45. The molecular formula is C19H13F3N4O2S. The molecule has 0 radical (unpaired) electrons. The van der Waals surface area contributed by atoms with Crippen molar-refractivity contribution in [2.45, 2.75) is 19.1 Å². The summed E-state index contributed by atoms with van der Waals surface area (Å²) in [6, 6.07) is 7.87. The van der Waals surface area contributed by atoms with Crippen molar-refractivity contribution in [3.8, 4) is 22.5 Å². The Morgan fingerprint density at radius 3 is 2.79 bits per heavy atom. The van der Waals surface area contributed by atoms with Crippen molar-refractivity contribution in [2.24, 2.45) is 0 Å². The normalized spacial score (nSPS) is 11.1. The fourth-order valence-electron chi connectivity index (χ4n) is 2.46. The van der Waals surface area contributed by atoms with Crippen LogP contribution in [-0.4, -0.2) is 21.0 Å². The number of thiazole rings is 1. The standard InChI is InChI=1S/C19H13F3N4O2S/c20-19(21,22)13-3-1-2-11(4-13)8-24-16(28)6-14-10-29-18(26-14)17-15(27)5-12(7-23)9-25-17/h1-5,9-10,27H,6,8H2,(H,24,28). The van der Waals surface area contributed by atoms with Crippen LogP contribution in [0.3, 0.4) is 0 Å². The van der Waals surface area contributed by atoms with Gasteiger partial charge in [0, 0.05) is 24.2 Å². The average molecular weight is 418 g/mol. The zero-order chi connectivity index (χ0) is 21.0. The summed E-state index contributed by atoms with van der Waals surface area (Å²) < 4.78 is 38.2. The SMILES string of the molecule is N#Cc1cnc(-c2nc(CC(=O)NCc3cccc(C(F)(F)F)c3)cs2)c(O)c1. The summed E-state index contributed by atoms with van der Waals surface area (Å²) in [6.07, 6.45) is -3.22. The Morgan fingerprint density at radius 1 is 1.31 bits per heavy atom. The van der Waals surface area contributed by atoms with E-state index in [4.69, 9.17) is 5.26 Å². The minimum absolute atomic E-state index is 0.0439. The molecule has 1 amide bonds. The van der Waals surface area contributed by atoms with Crippen LogP contribution in [0.2, 0.25) is 0 Å². The first-order valence-corrected chi connectivity index (χ1v) is 9.11. The van der Waals surface area contributed by atoms with Gasteiger partial charge in [-0.25, -0.2) is 9.97 Å². The van der Waals surface area contributed by atoms with E-state index in [-0.39, 0.29) is 30.0 Å². The first-order chi connectivity index (χ1) is 13.8. The maximum absolute atomic E-state index is 12.7. The van der Waals surface area contributed by atoms with Crippen molar-refractivity contribution in [2.75, 3.05) is 0 Å². The number of pyridine rings is 1. The smallest absolute Gasteiger partial charge is 0.416 e. The topological polar surface area (TPSA) is 98.9 Å². The number of nitrogens with zero attached hydrogens (tertiary/aromatic N) is 3. The fraction of sp³-hybridized carbons (Fsp3) is 0.158. The number of aromatic nitrogens is 2. The molecule has 0 spiro atoms. The third-order valence-electron chi connectivity index (χ3n) is 3.84. The van der Waals surface area contributed by atoms with Gasteiger partial charge in [-0.2, -0.15) is 18.4 Å². The molecule has 0 fully saturated rings. The lowest BCUT2D eigenvalue weighted by Crippen LogP contribution is -2.24. The van der Waals surface area contributed by atoms with E-state index in [2.05, 4.69) is 15.3 Å². The molecule has 10 heteroatoms. The van der Waals surface area contributed by atoms with Gasteiger partial charge in [0.1, 0.15) is 22.5 Å². The third-order valence-corrected chi connectivity index (χ3v) is 4.73. The second-order valence-electron chi connectivity index (χ2n) is 6.00. The molecule has 3 aromatic rings. The molecule has 2 N–H and O–H groups in total. The Morgan fingerprint density at radius 2 is 2.10 bits per heavy atom. The van der Waals surface area contributed by atoms with Crippen LogP contribution in [-0.2, 0) is 23.9 Å². The van der Waals surface area contributed by atoms with Crippen LogP contribution < -0.4 is 5.32 Å². The molecule has 0 saturated carbocycles. The molecule has 0 aliphatic heterocycles. The molecular weight excluding hydrogens is 405 g/mol. The fourth-order valence-corrected chi connectivity index (χ4v) is 3.28. The number of aromatic hydroxyl groups is 1. The zero-order valence-corrected chi connectivity index (χ0v) is 15.5. The van der Waals surface area contributed by atoms with Gasteiger partial charge in [0.15, 0.2) is 0 Å². The number of alkyl halides is 3. The van der Waals surface area contributed by atoms with Gasteiger partial charge in [-0.3, -0.25) is 4.79 Å². The van der Waals surface area contributed by atoms with Crippen LogP contribution in [0.1, 0.15) is 22.4 Å². The number of carbonyl (C=O) groups is 1. The molecule has 0 bridgehead atoms. The van der Waals surface area contributed by atoms with E-state index >= 15 is 0 Å². The zero-order valence-electron chi connectivity index (χ0n) is 14.7. The molecule has 0 aliphatic carbocycles. The monoisotopic (exact) mass is 418 g/mol. The predicted octanol–water partition coefficient (Wildman–Crippen LogP) is 3.66. The Kier molecular flexibility index (Phi) is 5.79. The van der Waals surface area contributed by atoms with E-state index in [1.807, 2.05) is 6.07 Å². The van der Waals surface area contributed by atoms with Gasteiger partial charge < -0.3 is 10.4 Å². The number of nitrogens with one attached hydrogen (secondary N) is 1. The maximum Gasteiger partial charge on any atom is 0.416 e. The van der Waals surface area contributed by atoms with E-state index in [9.17, 15) is 23.1 Å². The van der Waals surface area contributed by atoms with Gasteiger partial charge in [0.25, 0.3) is 0 Å². The highest BCUT2D eigenvalue weighted by Gasteiger charge is 2.30. The van der Waals surface area contributed by atoms with Crippen molar-refractivity contribution in [1.29, 1.82) is 5.26 Å². The third kappa shape index (κ3) is 5.08. The molecule has 1 aromatic carbocycles. The van der Waals surface area contributed by atoms with Crippen LogP contribution in [0.15, 0.2) is 41.9 Å². The molecule has 6 nitrogen and oxygen atoms in total. The lowest BCUT2D eigenvalue weighted by Gasteiger charge is -2.09. The lowest BCUT2D eigenvalue weighted by atomic mass is 10.1. The summed E-state index contributed by atoms with van der Waals surface area (Å²) in [5.41, 5.74) is 0.390. The van der Waals surface area contributed by atoms with E-state index in [0.717, 1.165) is 12.1 Å². The van der Waals surface area contributed by atoms with Crippen LogP contribution in [0.5, 0.6) is 5.75 Å². The predicted molar refractivity (Wildman–Crippen MR) is 98.7 cm³/mol. The molecule has 3 rings (SSSR count). The van der Waals surface area contributed by atoms with Gasteiger partial charge in [0.05, 0.1) is 23.2 Å². The lowest BCUT2D eigenvalue weighted by molar-refractivity contribution is -0.137. The summed E-state index contributed by atoms with van der Waals surface area (Å²) >= 11 is 1.17. The quantitative estimate of drug-likeness (QED) is 0.659. The van der Waals surface area contributed by atoms with Gasteiger partial charge in [-0.05, 0) is 17.7 Å². The largest absolute Gasteiger partial charge is 0.506 e. The molecule has 0 unspecified atom stereocenters. The summed E-state index contributed by atoms with van der Waals surface area (Å²) in [7, 11) is 0. The number of hydrogen-bond acceptors (Lipinski definition) is 6. The average Bonchev–Trinajstić information content (AvgIpc) is 3.13. The van der Waals surface area contributed by atoms with Gasteiger partial charge >= 0.3 is 6.18 Å². The number of nitriles is 1. The number of rotatable bonds is 5. The second-order valence-corrected chi connectivity index (χ2v) is 6.86. The number of carbonyl (C=O) groups excluding carboxylic acids is 1. The minimum atomic E-state index is -4.44. The second kappa shape index (κ2) is 8.28. The summed E-state index contributed by atoms with van der Waals surface area (Å²) in [6.45, 7) is -0.0439. The van der Waals surface area contributed by atoms with E-state index < -0.39 is 17.6 Å². The molecule has 29 heavy (non-hydrogen) atoms. The maximum atomic E-state index is 12.7. The molecule has 0 saturated heterocycles. The molecule has 2 aromatic heterocycles. The van der Waals surface area contributed by atoms with E-state index in [1.54, 1.807) is 5.38 Å². The number of amides is 1. The van der Waals surface area contributed by atoms with Crippen LogP contribution in [0.4, 0.5) is 13.2 Å². The Labute approximate surface area is 167 Å². The number of halogens is 3. The number of hydrogen-bond donors (Lipinski definition) is 2. The summed E-state index contributed by atoms with van der Waals surface area (Å²) in [5, 5.41) is 23.3. The van der Waals surface area contributed by atoms with E-state index in [0.29, 0.717) is 16.3 Å². The number of benzene rings is 1. The van der Waals surface area contributed by atoms with Crippen LogP contribution in [0.25, 0.3) is 10.7 Å². The molecule has 0 aliphatic rings. The summed E-state index contributed by atoms with van der Waals surface area (Å²) in [5.74, 6) is -0.602. The van der Waals surface area contributed by atoms with Gasteiger partial charge in [0.2, 0.25) is 5.91 Å². The Bertz CT molecular complexity index is 1090. The molecule has 2 heterocycles. The molecule has 0 atom stereocenters.